The maximum Gasteiger partial charge on any atom is 0.317 e. The van der Waals surface area contributed by atoms with Crippen LogP contribution in [0.4, 0.5) is 0 Å². The highest BCUT2D eigenvalue weighted by Gasteiger charge is 2.72. The van der Waals surface area contributed by atoms with E-state index in [4.69, 9.17) is 47.4 Å². The molecule has 0 spiro atoms. The second-order valence-corrected chi connectivity index (χ2v) is 28.1. The smallest absolute Gasteiger partial charge is 0.317 e. The van der Waals surface area contributed by atoms with Gasteiger partial charge in [0, 0.05) is 5.41 Å². The highest BCUT2D eigenvalue weighted by molar-refractivity contribution is 5.80. The Hall–Kier alpha value is -1.75. The molecule has 4 saturated carbocycles. The minimum absolute atomic E-state index is 0.0438. The summed E-state index contributed by atoms with van der Waals surface area (Å²) in [5.41, 5.74) is -2.95. The van der Waals surface area contributed by atoms with Gasteiger partial charge in [0.1, 0.15) is 103 Å². The molecular formula is C58H94O26. The molecule has 5 saturated heterocycles. The number of fused-ring (bicyclic) bond motifs is 7. The van der Waals surface area contributed by atoms with Crippen LogP contribution in [-0.4, -0.2) is 263 Å². The second kappa shape index (κ2) is 23.8. The summed E-state index contributed by atoms with van der Waals surface area (Å²) < 4.78 is 58.8. The van der Waals surface area contributed by atoms with Crippen molar-refractivity contribution in [1.29, 1.82) is 0 Å². The van der Waals surface area contributed by atoms with Crippen molar-refractivity contribution >= 4 is 5.97 Å². The van der Waals surface area contributed by atoms with E-state index in [2.05, 4.69) is 40.7 Å². The Bertz CT molecular complexity index is 2350. The lowest BCUT2D eigenvalue weighted by Gasteiger charge is -2.72. The van der Waals surface area contributed by atoms with Gasteiger partial charge in [0.2, 0.25) is 6.29 Å². The molecule has 15 N–H and O–H groups in total. The summed E-state index contributed by atoms with van der Waals surface area (Å²) in [5.74, 6) is -1.35. The lowest BCUT2D eigenvalue weighted by molar-refractivity contribution is -0.374. The molecule has 33 atom stereocenters. The molecule has 482 valence electrons. The molecule has 0 radical (unpaired) electrons. The van der Waals surface area contributed by atoms with Crippen LogP contribution in [0.2, 0.25) is 0 Å². The Labute approximate surface area is 488 Å². The van der Waals surface area contributed by atoms with E-state index in [9.17, 15) is 76.6 Å². The molecule has 26 nitrogen and oxygen atoms in total. The number of aliphatic hydroxyl groups is 15. The van der Waals surface area contributed by atoms with E-state index in [0.29, 0.717) is 44.9 Å². The van der Waals surface area contributed by atoms with Gasteiger partial charge in [0.25, 0.3) is 0 Å². The van der Waals surface area contributed by atoms with Crippen LogP contribution in [0.5, 0.6) is 0 Å². The summed E-state index contributed by atoms with van der Waals surface area (Å²) in [6.07, 6.45) is -31.0. The van der Waals surface area contributed by atoms with Crippen molar-refractivity contribution in [3.63, 3.8) is 0 Å². The molecule has 0 bridgehead atoms. The Morgan fingerprint density at radius 2 is 1.12 bits per heavy atom. The first-order valence-electron chi connectivity index (χ1n) is 30.1. The Balaban J connectivity index is 0.821. The predicted octanol–water partition coefficient (Wildman–Crippen LogP) is -2.93. The maximum atomic E-state index is 15.3. The Morgan fingerprint density at radius 3 is 1.74 bits per heavy atom. The van der Waals surface area contributed by atoms with Crippen LogP contribution >= 0.6 is 0 Å². The van der Waals surface area contributed by atoms with Crippen molar-refractivity contribution in [2.75, 3.05) is 26.4 Å². The fourth-order valence-electron chi connectivity index (χ4n) is 17.5. The summed E-state index contributed by atoms with van der Waals surface area (Å²) in [7, 11) is 0. The first-order valence-corrected chi connectivity index (χ1v) is 30.1. The molecule has 5 aliphatic heterocycles. The van der Waals surface area contributed by atoms with Gasteiger partial charge in [-0.05, 0) is 111 Å². The molecule has 26 heteroatoms. The number of ether oxygens (including phenoxy) is 10. The van der Waals surface area contributed by atoms with Crippen LogP contribution in [0, 0.1) is 50.2 Å². The zero-order valence-electron chi connectivity index (χ0n) is 49.1. The number of hydrogen-bond donors (Lipinski definition) is 15. The van der Waals surface area contributed by atoms with E-state index in [0.717, 1.165) is 5.57 Å². The molecule has 0 aromatic carbocycles. The van der Waals surface area contributed by atoms with E-state index in [1.54, 1.807) is 0 Å². The third kappa shape index (κ3) is 10.6. The van der Waals surface area contributed by atoms with Crippen LogP contribution in [-0.2, 0) is 52.2 Å². The number of aliphatic hydroxyl groups excluding tert-OH is 15. The molecule has 5 heterocycles. The first kappa shape index (κ1) is 65.2. The number of carbonyl (C=O) groups excluding carboxylic acids is 1. The van der Waals surface area contributed by atoms with Gasteiger partial charge in [-0.1, -0.05) is 53.2 Å². The summed E-state index contributed by atoms with van der Waals surface area (Å²) >= 11 is 0. The standard InChI is InChI=1S/C58H94O26/c1-23-34(64)36(66)39(69)49(77-23)82-45-27(61)20-75-47(42(45)72)81-44-24(2)78-50(41(71)38(44)68)83-46-28(62)21-76-48(43(46)73)84-52(74)58-16-15-53(3,4)17-26(58)25-9-10-31-54(5)13-12-33(80-51-40(70)37(67)35(65)29(19-59)79-51)55(6,22-60)30(54)11-14-56(31,7)57(25,8)18-32(58)63/h9,23-24,26-51,59-73H,10-22H2,1-8H3/t23-,24-,26-,27+,28-,29+,30+,31+,32+,33-,34-,35+,36+,37-,38-,39+,40+,41+,42+,43+,44-,45-,46-,47-,48-,49-,50-,51-,54-,55-,56+,57+,58+/m0/s1. The van der Waals surface area contributed by atoms with Crippen molar-refractivity contribution in [3.05, 3.63) is 11.6 Å². The minimum Gasteiger partial charge on any atom is -0.432 e. The molecule has 10 rings (SSSR count). The van der Waals surface area contributed by atoms with Crippen LogP contribution in [0.15, 0.2) is 11.6 Å². The van der Waals surface area contributed by atoms with Crippen LogP contribution < -0.4 is 0 Å². The minimum atomic E-state index is -1.93. The van der Waals surface area contributed by atoms with Crippen molar-refractivity contribution in [2.45, 2.75) is 267 Å². The average molecular weight is 1210 g/mol. The van der Waals surface area contributed by atoms with E-state index < -0.39 is 207 Å². The summed E-state index contributed by atoms with van der Waals surface area (Å²) in [6, 6.07) is 0. The van der Waals surface area contributed by atoms with Gasteiger partial charge in [0.15, 0.2) is 25.2 Å². The summed E-state index contributed by atoms with van der Waals surface area (Å²) in [4.78, 5) is 15.3. The predicted molar refractivity (Wildman–Crippen MR) is 283 cm³/mol. The quantitative estimate of drug-likeness (QED) is 0.0528. The average Bonchev–Trinajstić information content (AvgIpc) is 1.24. The number of esters is 1. The monoisotopic (exact) mass is 1210 g/mol. The summed E-state index contributed by atoms with van der Waals surface area (Å²) in [6.45, 7) is 14.0. The van der Waals surface area contributed by atoms with E-state index in [1.807, 2.05) is 6.92 Å². The molecular weight excluding hydrogens is 1110 g/mol. The largest absolute Gasteiger partial charge is 0.432 e. The van der Waals surface area contributed by atoms with Crippen molar-refractivity contribution in [1.82, 2.24) is 0 Å². The number of carbonyl (C=O) groups is 1. The third-order valence-corrected chi connectivity index (χ3v) is 22.8. The molecule has 5 aliphatic carbocycles. The molecule has 0 aromatic heterocycles. The van der Waals surface area contributed by atoms with Crippen LogP contribution in [0.1, 0.15) is 113 Å². The molecule has 9 fully saturated rings. The normalized spacial score (nSPS) is 55.8. The van der Waals surface area contributed by atoms with Gasteiger partial charge in [-0.3, -0.25) is 4.79 Å². The van der Waals surface area contributed by atoms with Crippen molar-refractivity contribution in [3.8, 4) is 0 Å². The number of allylic oxidation sites excluding steroid dienone is 2. The lowest BCUT2D eigenvalue weighted by atomic mass is 9.33. The maximum absolute atomic E-state index is 15.3. The molecule has 0 aromatic rings. The summed E-state index contributed by atoms with van der Waals surface area (Å²) in [5, 5.41) is 165. The SMILES string of the molecule is C[C@@H]1O[C@@H](O[C@@H]2[C@@H](O)[C@H](O[C@@H]3[C@@H](O)[C@@H](O)[C@H](O[C@@H]4[C@@H](O)[C@H](OC(=O)[C@]56CCC(C)(C)C[C@H]5C5=CC[C@@H]7[C@@]8(C)CC[C@H](O[C@@H]9O[C@H](CO)[C@@H](O)[C@H](O)[C@H]9O)[C@@](C)(CO)[C@@H]8CC[C@@]7(C)[C@]5(C)C[C@H]6O)OC[C@@H]4O)O[C@H]3C)OC[C@H]2O)[C@H](O)[C@H](O)[C@H]1O. The highest BCUT2D eigenvalue weighted by Crippen LogP contribution is 2.76. The van der Waals surface area contributed by atoms with Crippen molar-refractivity contribution < 1.29 is 129 Å². The highest BCUT2D eigenvalue weighted by atomic mass is 16.8. The van der Waals surface area contributed by atoms with Gasteiger partial charge in [-0.15, -0.1) is 0 Å². The molecule has 10 aliphatic rings. The fraction of sp³-hybridized carbons (Fsp3) is 0.948. The Morgan fingerprint density at radius 1 is 0.560 bits per heavy atom. The van der Waals surface area contributed by atoms with E-state index in [-0.39, 0.29) is 42.1 Å². The topological polar surface area (TPSA) is 413 Å². The van der Waals surface area contributed by atoms with E-state index >= 15 is 4.79 Å². The van der Waals surface area contributed by atoms with Gasteiger partial charge < -0.3 is 124 Å². The lowest BCUT2D eigenvalue weighted by Crippen LogP contribution is -2.69. The molecule has 84 heavy (non-hydrogen) atoms. The van der Waals surface area contributed by atoms with Gasteiger partial charge in [-0.25, -0.2) is 0 Å². The second-order valence-electron chi connectivity index (χ2n) is 28.1. The first-order chi connectivity index (χ1) is 39.3. The Kier molecular flexibility index (Phi) is 18.5. The zero-order chi connectivity index (χ0) is 61.3. The van der Waals surface area contributed by atoms with Crippen molar-refractivity contribution in [2.24, 2.45) is 50.2 Å². The van der Waals surface area contributed by atoms with Crippen LogP contribution in [0.25, 0.3) is 0 Å². The van der Waals surface area contributed by atoms with Crippen LogP contribution in [0.3, 0.4) is 0 Å². The fourth-order valence-corrected chi connectivity index (χ4v) is 17.5. The number of rotatable bonds is 12. The zero-order valence-corrected chi connectivity index (χ0v) is 49.1. The van der Waals surface area contributed by atoms with Gasteiger partial charge in [0.05, 0.1) is 50.8 Å². The van der Waals surface area contributed by atoms with Gasteiger partial charge in [-0.2, -0.15) is 0 Å². The third-order valence-electron chi connectivity index (χ3n) is 22.8. The number of hydrogen-bond acceptors (Lipinski definition) is 26. The molecule has 0 unspecified atom stereocenters. The van der Waals surface area contributed by atoms with E-state index in [1.165, 1.54) is 13.8 Å². The van der Waals surface area contributed by atoms with Gasteiger partial charge >= 0.3 is 5.97 Å². The molecule has 0 amide bonds.